The van der Waals surface area contributed by atoms with Gasteiger partial charge in [0.15, 0.2) is 0 Å². The van der Waals surface area contributed by atoms with Crippen molar-refractivity contribution in [3.8, 4) is 0 Å². The molecule has 0 amide bonds. The molecule has 0 saturated heterocycles. The highest BCUT2D eigenvalue weighted by atomic mass is 19.4. The van der Waals surface area contributed by atoms with Crippen LogP contribution in [-0.4, -0.2) is 0 Å². The summed E-state index contributed by atoms with van der Waals surface area (Å²) in [5.74, 6) is -0.0517. The molecule has 0 spiro atoms. The van der Waals surface area contributed by atoms with Gasteiger partial charge in [0.05, 0.1) is 5.56 Å². The molecule has 0 N–H and O–H groups in total. The molecule has 3 heteroatoms. The van der Waals surface area contributed by atoms with Gasteiger partial charge < -0.3 is 0 Å². The van der Waals surface area contributed by atoms with Gasteiger partial charge in [0.1, 0.15) is 0 Å². The van der Waals surface area contributed by atoms with Gasteiger partial charge in [-0.05, 0) is 30.9 Å². The van der Waals surface area contributed by atoms with E-state index in [-0.39, 0.29) is 5.92 Å². The molecule has 0 aliphatic heterocycles. The van der Waals surface area contributed by atoms with Gasteiger partial charge in [-0.1, -0.05) is 50.8 Å². The second-order valence-corrected chi connectivity index (χ2v) is 4.67. The average Bonchev–Trinajstić information content (AvgIpc) is 2.33. The summed E-state index contributed by atoms with van der Waals surface area (Å²) in [5.41, 5.74) is 0.100. The SMILES string of the molecule is [CH2]C(CCCCCC)c1cccc(C(F)(F)F)c1. The lowest BCUT2D eigenvalue weighted by atomic mass is 9.93. The van der Waals surface area contributed by atoms with Crippen LogP contribution in [0.1, 0.15) is 56.1 Å². The first-order valence-corrected chi connectivity index (χ1v) is 6.45. The largest absolute Gasteiger partial charge is 0.416 e. The Morgan fingerprint density at radius 1 is 1.17 bits per heavy atom. The number of hydrogen-bond acceptors (Lipinski definition) is 0. The quantitative estimate of drug-likeness (QED) is 0.582. The third-order valence-electron chi connectivity index (χ3n) is 3.09. The normalized spacial score (nSPS) is 13.6. The summed E-state index contributed by atoms with van der Waals surface area (Å²) in [7, 11) is 0. The molecule has 1 aromatic carbocycles. The van der Waals surface area contributed by atoms with E-state index >= 15 is 0 Å². The van der Waals surface area contributed by atoms with Crippen LogP contribution in [0.2, 0.25) is 0 Å². The minimum absolute atomic E-state index is 0.0517. The summed E-state index contributed by atoms with van der Waals surface area (Å²) in [6.45, 7) is 6.10. The van der Waals surface area contributed by atoms with Crippen molar-refractivity contribution in [3.63, 3.8) is 0 Å². The Kier molecular flexibility index (Phi) is 5.70. The molecule has 1 unspecified atom stereocenters. The lowest BCUT2D eigenvalue weighted by molar-refractivity contribution is -0.137. The highest BCUT2D eigenvalue weighted by Gasteiger charge is 2.30. The number of rotatable bonds is 6. The summed E-state index contributed by atoms with van der Waals surface area (Å²) < 4.78 is 37.7. The van der Waals surface area contributed by atoms with Gasteiger partial charge in [-0.2, -0.15) is 13.2 Å². The number of benzene rings is 1. The predicted octanol–water partition coefficient (Wildman–Crippen LogP) is 5.59. The molecule has 1 aromatic rings. The molecule has 0 aliphatic rings. The third kappa shape index (κ3) is 4.71. The summed E-state index contributed by atoms with van der Waals surface area (Å²) in [6.07, 6.45) is 1.07. The van der Waals surface area contributed by atoms with Crippen molar-refractivity contribution in [3.05, 3.63) is 42.3 Å². The molecule has 101 valence electrons. The Bertz CT molecular complexity index is 355. The first kappa shape index (κ1) is 15.1. The van der Waals surface area contributed by atoms with E-state index in [2.05, 4.69) is 13.8 Å². The van der Waals surface area contributed by atoms with E-state index in [1.54, 1.807) is 6.07 Å². The minimum atomic E-state index is -4.27. The fraction of sp³-hybridized carbons (Fsp3) is 0.533. The van der Waals surface area contributed by atoms with Gasteiger partial charge in [0.2, 0.25) is 0 Å². The molecule has 0 heterocycles. The molecule has 1 radical (unpaired) electrons. The van der Waals surface area contributed by atoms with Crippen LogP contribution >= 0.6 is 0 Å². The molecular weight excluding hydrogens is 237 g/mol. The molecule has 0 fully saturated rings. The topological polar surface area (TPSA) is 0 Å². The number of halogens is 3. The van der Waals surface area contributed by atoms with E-state index in [0.717, 1.165) is 31.7 Å². The maximum Gasteiger partial charge on any atom is 0.416 e. The predicted molar refractivity (Wildman–Crippen MR) is 68.3 cm³/mol. The Labute approximate surface area is 107 Å². The number of alkyl halides is 3. The fourth-order valence-corrected chi connectivity index (χ4v) is 1.95. The first-order chi connectivity index (χ1) is 8.45. The van der Waals surface area contributed by atoms with Crippen molar-refractivity contribution in [1.29, 1.82) is 0 Å². The van der Waals surface area contributed by atoms with Crippen molar-refractivity contribution in [2.45, 2.75) is 51.1 Å². The Balaban J connectivity index is 2.60. The second-order valence-electron chi connectivity index (χ2n) is 4.67. The van der Waals surface area contributed by atoms with Gasteiger partial charge in [-0.25, -0.2) is 0 Å². The molecule has 0 bridgehead atoms. The lowest BCUT2D eigenvalue weighted by Gasteiger charge is -2.14. The van der Waals surface area contributed by atoms with Crippen LogP contribution < -0.4 is 0 Å². The van der Waals surface area contributed by atoms with Crippen LogP contribution in [0.3, 0.4) is 0 Å². The zero-order valence-electron chi connectivity index (χ0n) is 10.8. The summed E-state index contributed by atoms with van der Waals surface area (Å²) in [4.78, 5) is 0. The van der Waals surface area contributed by atoms with Crippen LogP contribution in [-0.2, 0) is 6.18 Å². The van der Waals surface area contributed by atoms with Crippen molar-refractivity contribution in [1.82, 2.24) is 0 Å². The lowest BCUT2D eigenvalue weighted by Crippen LogP contribution is -2.06. The van der Waals surface area contributed by atoms with E-state index in [4.69, 9.17) is 0 Å². The minimum Gasteiger partial charge on any atom is -0.166 e. The zero-order valence-corrected chi connectivity index (χ0v) is 10.8. The number of hydrogen-bond donors (Lipinski definition) is 0. The van der Waals surface area contributed by atoms with Crippen LogP contribution in [0, 0.1) is 6.92 Å². The molecule has 0 aromatic heterocycles. The summed E-state index contributed by atoms with van der Waals surface area (Å²) >= 11 is 0. The van der Waals surface area contributed by atoms with Crippen LogP contribution in [0.4, 0.5) is 13.2 Å². The fourth-order valence-electron chi connectivity index (χ4n) is 1.95. The standard InChI is InChI=1S/C15H20F3/c1-3-4-5-6-8-12(2)13-9-7-10-14(11-13)15(16,17)18/h7,9-12H,2-6,8H2,1H3. The van der Waals surface area contributed by atoms with Crippen LogP contribution in [0.25, 0.3) is 0 Å². The van der Waals surface area contributed by atoms with Crippen molar-refractivity contribution in [2.75, 3.05) is 0 Å². The molecule has 1 rings (SSSR count). The van der Waals surface area contributed by atoms with Crippen LogP contribution in [0.5, 0.6) is 0 Å². The average molecular weight is 257 g/mol. The summed E-state index contributed by atoms with van der Waals surface area (Å²) in [5, 5.41) is 0. The van der Waals surface area contributed by atoms with Gasteiger partial charge in [-0.15, -0.1) is 0 Å². The highest BCUT2D eigenvalue weighted by Crippen LogP contribution is 2.32. The Morgan fingerprint density at radius 3 is 2.50 bits per heavy atom. The molecule has 0 saturated carbocycles. The van der Waals surface area contributed by atoms with Gasteiger partial charge >= 0.3 is 6.18 Å². The van der Waals surface area contributed by atoms with Crippen molar-refractivity contribution >= 4 is 0 Å². The van der Waals surface area contributed by atoms with E-state index in [1.807, 2.05) is 0 Å². The van der Waals surface area contributed by atoms with Crippen molar-refractivity contribution in [2.24, 2.45) is 0 Å². The maximum absolute atomic E-state index is 12.6. The first-order valence-electron chi connectivity index (χ1n) is 6.45. The Morgan fingerprint density at radius 2 is 1.89 bits per heavy atom. The van der Waals surface area contributed by atoms with Gasteiger partial charge in [-0.3, -0.25) is 0 Å². The molecule has 0 aliphatic carbocycles. The Hall–Kier alpha value is -0.990. The molecule has 18 heavy (non-hydrogen) atoms. The van der Waals surface area contributed by atoms with Gasteiger partial charge in [0.25, 0.3) is 0 Å². The molecular formula is C15H20F3. The monoisotopic (exact) mass is 257 g/mol. The van der Waals surface area contributed by atoms with E-state index in [9.17, 15) is 13.2 Å². The smallest absolute Gasteiger partial charge is 0.166 e. The van der Waals surface area contributed by atoms with Crippen LogP contribution in [0.15, 0.2) is 24.3 Å². The summed E-state index contributed by atoms with van der Waals surface area (Å²) in [6, 6.07) is 5.51. The van der Waals surface area contributed by atoms with E-state index in [1.165, 1.54) is 18.6 Å². The zero-order chi connectivity index (χ0) is 13.6. The molecule has 0 nitrogen and oxygen atoms in total. The van der Waals surface area contributed by atoms with Crippen molar-refractivity contribution < 1.29 is 13.2 Å². The second kappa shape index (κ2) is 6.81. The van der Waals surface area contributed by atoms with Gasteiger partial charge in [0, 0.05) is 0 Å². The molecule has 1 atom stereocenters. The van der Waals surface area contributed by atoms with E-state index < -0.39 is 11.7 Å². The van der Waals surface area contributed by atoms with E-state index in [0.29, 0.717) is 5.56 Å². The highest BCUT2D eigenvalue weighted by molar-refractivity contribution is 5.28. The number of unbranched alkanes of at least 4 members (excludes halogenated alkanes) is 3. The third-order valence-corrected chi connectivity index (χ3v) is 3.09. The maximum atomic E-state index is 12.6.